The molecule has 2 atom stereocenters. The number of benzene rings is 3. The molecule has 3 aromatic carbocycles. The van der Waals surface area contributed by atoms with Crippen molar-refractivity contribution in [3.63, 3.8) is 0 Å². The van der Waals surface area contributed by atoms with Gasteiger partial charge >= 0.3 is 0 Å². The van der Waals surface area contributed by atoms with Crippen LogP contribution < -0.4 is 10.6 Å². The smallest absolute Gasteiger partial charge is 0.0827 e. The Balaban J connectivity index is 1.57. The van der Waals surface area contributed by atoms with Crippen LogP contribution in [0, 0.1) is 0 Å². The molecule has 1 aliphatic carbocycles. The van der Waals surface area contributed by atoms with E-state index in [9.17, 15) is 0 Å². The van der Waals surface area contributed by atoms with Gasteiger partial charge < -0.3 is 0 Å². The Morgan fingerprint density at radius 1 is 0.793 bits per heavy atom. The van der Waals surface area contributed by atoms with Crippen molar-refractivity contribution in [3.8, 4) is 0 Å². The maximum Gasteiger partial charge on any atom is 0.0827 e. The molecule has 0 N–H and O–H groups in total. The number of hydrogen-bond acceptors (Lipinski definition) is 2. The van der Waals surface area contributed by atoms with Gasteiger partial charge in [0, 0.05) is 27.8 Å². The Morgan fingerprint density at radius 3 is 2.21 bits per heavy atom. The lowest BCUT2D eigenvalue weighted by Crippen LogP contribution is -2.25. The summed E-state index contributed by atoms with van der Waals surface area (Å²) in [6.07, 6.45) is 6.44. The van der Waals surface area contributed by atoms with E-state index >= 15 is 0 Å². The minimum Gasteiger partial charge on any atom is -0.260 e. The molecule has 138 valence electrons. The molecular formula is C26H17BrN2. The van der Waals surface area contributed by atoms with E-state index in [-0.39, 0.29) is 11.8 Å². The Kier molecular flexibility index (Phi) is 3.78. The zero-order valence-corrected chi connectivity index (χ0v) is 17.2. The summed E-state index contributed by atoms with van der Waals surface area (Å²) >= 11 is 3.72. The lowest BCUT2D eigenvalue weighted by Gasteiger charge is -2.20. The summed E-state index contributed by atoms with van der Waals surface area (Å²) in [5.41, 5.74) is 7.15. The summed E-state index contributed by atoms with van der Waals surface area (Å²) < 4.78 is 1.04. The number of aliphatic imine (C=N–C) groups is 1. The molecule has 0 aromatic heterocycles. The largest absolute Gasteiger partial charge is 0.260 e. The normalized spacial score (nSPS) is 21.1. The van der Waals surface area contributed by atoms with Gasteiger partial charge in [-0.15, -0.1) is 0 Å². The molecule has 2 heterocycles. The molecule has 2 unspecified atom stereocenters. The molecule has 2 nitrogen and oxygen atoms in total. The number of rotatable bonds is 2. The molecule has 0 radical (unpaired) electrons. The lowest BCUT2D eigenvalue weighted by molar-refractivity contribution is 1.07. The van der Waals surface area contributed by atoms with Crippen molar-refractivity contribution in [1.29, 1.82) is 0 Å². The van der Waals surface area contributed by atoms with Crippen molar-refractivity contribution in [3.05, 3.63) is 122 Å². The molecule has 0 amide bonds. The minimum atomic E-state index is 0.194. The van der Waals surface area contributed by atoms with Gasteiger partial charge in [-0.25, -0.2) is 4.99 Å². The monoisotopic (exact) mass is 436 g/mol. The van der Waals surface area contributed by atoms with E-state index in [4.69, 9.17) is 9.98 Å². The second-order valence-electron chi connectivity index (χ2n) is 7.56. The molecule has 6 rings (SSSR count). The quantitative estimate of drug-likeness (QED) is 0.522. The average Bonchev–Trinajstić information content (AvgIpc) is 3.35. The Labute approximate surface area is 177 Å². The van der Waals surface area contributed by atoms with Crippen molar-refractivity contribution < 1.29 is 0 Å². The average molecular weight is 437 g/mol. The molecule has 0 fully saturated rings. The molecular weight excluding hydrogens is 420 g/mol. The summed E-state index contributed by atoms with van der Waals surface area (Å²) in [5, 5.41) is 2.24. The van der Waals surface area contributed by atoms with Gasteiger partial charge in [-0.05, 0) is 56.4 Å². The fourth-order valence-electron chi connectivity index (χ4n) is 4.52. The molecule has 0 spiro atoms. The Hall–Kier alpha value is -3.04. The van der Waals surface area contributed by atoms with Gasteiger partial charge in [-0.3, -0.25) is 4.99 Å². The summed E-state index contributed by atoms with van der Waals surface area (Å²) in [7, 11) is 0. The van der Waals surface area contributed by atoms with Crippen molar-refractivity contribution in [2.75, 3.05) is 0 Å². The van der Waals surface area contributed by atoms with Crippen LogP contribution in [0.2, 0.25) is 0 Å². The van der Waals surface area contributed by atoms with Crippen LogP contribution in [0.1, 0.15) is 28.5 Å². The number of allylic oxidation sites excluding steroid dienone is 4. The van der Waals surface area contributed by atoms with Gasteiger partial charge in [0.2, 0.25) is 0 Å². The predicted octanol–water partition coefficient (Wildman–Crippen LogP) is 5.28. The molecule has 3 aliphatic rings. The second-order valence-corrected chi connectivity index (χ2v) is 8.42. The topological polar surface area (TPSA) is 24.7 Å². The van der Waals surface area contributed by atoms with Crippen molar-refractivity contribution in [1.82, 2.24) is 0 Å². The van der Waals surface area contributed by atoms with E-state index in [1.165, 1.54) is 27.5 Å². The van der Waals surface area contributed by atoms with E-state index in [1.54, 1.807) is 0 Å². The van der Waals surface area contributed by atoms with Crippen molar-refractivity contribution in [2.24, 2.45) is 9.98 Å². The lowest BCUT2D eigenvalue weighted by atomic mass is 9.85. The fourth-order valence-corrected chi connectivity index (χ4v) is 4.98. The number of halogens is 1. The van der Waals surface area contributed by atoms with Crippen molar-refractivity contribution >= 4 is 33.4 Å². The van der Waals surface area contributed by atoms with E-state index in [1.807, 2.05) is 0 Å². The van der Waals surface area contributed by atoms with Crippen LogP contribution in [0.3, 0.4) is 0 Å². The van der Waals surface area contributed by atoms with E-state index in [2.05, 4.69) is 107 Å². The van der Waals surface area contributed by atoms with Crippen LogP contribution in [0.15, 0.2) is 105 Å². The zero-order valence-electron chi connectivity index (χ0n) is 15.6. The fraction of sp³-hybridized carbons (Fsp3) is 0.0769. The first-order chi connectivity index (χ1) is 14.3. The standard InChI is InChI=1S/C26H17BrN2/c27-22-12-11-18(16-7-3-1-4-8-16)25-20-14-23-19(13-24(20)29-26(22)25)21(15-28-23)17-9-5-2-6-10-17/h1-15,18,21H. The van der Waals surface area contributed by atoms with Gasteiger partial charge in [-0.2, -0.15) is 0 Å². The highest BCUT2D eigenvalue weighted by atomic mass is 79.9. The van der Waals surface area contributed by atoms with Gasteiger partial charge in [-0.1, -0.05) is 66.7 Å². The molecule has 3 heteroatoms. The first kappa shape index (κ1) is 16.9. The molecule has 0 saturated heterocycles. The molecule has 2 aliphatic heterocycles. The summed E-state index contributed by atoms with van der Waals surface area (Å²) in [6, 6.07) is 25.6. The van der Waals surface area contributed by atoms with Crippen LogP contribution in [0.4, 0.5) is 5.69 Å². The van der Waals surface area contributed by atoms with E-state index < -0.39 is 0 Å². The first-order valence-corrected chi connectivity index (χ1v) is 10.6. The van der Waals surface area contributed by atoms with Gasteiger partial charge in [0.05, 0.1) is 16.7 Å². The SMILES string of the molecule is BrC1=C2N=c3cc4c(cc3=C2C(c2ccccc2)C=C1)N=CC4c1ccccc1. The first-order valence-electron chi connectivity index (χ1n) is 9.79. The second kappa shape index (κ2) is 6.50. The molecule has 0 saturated carbocycles. The highest BCUT2D eigenvalue weighted by molar-refractivity contribution is 9.11. The molecule has 3 aromatic rings. The summed E-state index contributed by atoms with van der Waals surface area (Å²) in [6.45, 7) is 0. The highest BCUT2D eigenvalue weighted by Crippen LogP contribution is 2.41. The number of hydrogen-bond donors (Lipinski definition) is 0. The van der Waals surface area contributed by atoms with Crippen LogP contribution in [-0.4, -0.2) is 6.21 Å². The van der Waals surface area contributed by atoms with E-state index in [0.29, 0.717) is 0 Å². The van der Waals surface area contributed by atoms with Crippen LogP contribution in [0.25, 0.3) is 5.57 Å². The van der Waals surface area contributed by atoms with Crippen LogP contribution >= 0.6 is 15.9 Å². The Bertz CT molecular complexity index is 1350. The van der Waals surface area contributed by atoms with Gasteiger partial charge in [0.25, 0.3) is 0 Å². The predicted molar refractivity (Wildman–Crippen MR) is 121 cm³/mol. The number of fused-ring (bicyclic) bond motifs is 3. The van der Waals surface area contributed by atoms with Crippen molar-refractivity contribution in [2.45, 2.75) is 11.8 Å². The number of nitrogens with zero attached hydrogens (tertiary/aromatic N) is 2. The maximum absolute atomic E-state index is 5.02. The highest BCUT2D eigenvalue weighted by Gasteiger charge is 2.29. The zero-order chi connectivity index (χ0) is 19.4. The summed E-state index contributed by atoms with van der Waals surface area (Å²) in [5.74, 6) is 0.394. The molecule has 29 heavy (non-hydrogen) atoms. The van der Waals surface area contributed by atoms with Crippen LogP contribution in [0.5, 0.6) is 0 Å². The Morgan fingerprint density at radius 2 is 1.48 bits per heavy atom. The third-order valence-electron chi connectivity index (χ3n) is 5.91. The third kappa shape index (κ3) is 2.61. The van der Waals surface area contributed by atoms with Gasteiger partial charge in [0.1, 0.15) is 0 Å². The molecule has 0 bridgehead atoms. The summed E-state index contributed by atoms with van der Waals surface area (Å²) in [4.78, 5) is 9.79. The van der Waals surface area contributed by atoms with Gasteiger partial charge in [0.15, 0.2) is 0 Å². The van der Waals surface area contributed by atoms with Crippen LogP contribution in [-0.2, 0) is 0 Å². The third-order valence-corrected chi connectivity index (χ3v) is 6.55. The van der Waals surface area contributed by atoms with E-state index in [0.717, 1.165) is 21.2 Å². The maximum atomic E-state index is 5.02. The minimum absolute atomic E-state index is 0.194.